The monoisotopic (exact) mass is 398 g/mol. The van der Waals surface area contributed by atoms with Crippen LogP contribution < -0.4 is 0 Å². The Balaban J connectivity index is 1.34. The van der Waals surface area contributed by atoms with Gasteiger partial charge in [0.2, 0.25) is 5.91 Å². The Labute approximate surface area is 167 Å². The van der Waals surface area contributed by atoms with Gasteiger partial charge in [-0.2, -0.15) is 0 Å². The van der Waals surface area contributed by atoms with Crippen LogP contribution in [0.3, 0.4) is 0 Å². The van der Waals surface area contributed by atoms with E-state index in [4.69, 9.17) is 11.6 Å². The van der Waals surface area contributed by atoms with E-state index in [1.807, 2.05) is 46.1 Å². The van der Waals surface area contributed by atoms with Gasteiger partial charge in [0.15, 0.2) is 0 Å². The molecule has 0 spiro atoms. The molecule has 1 saturated heterocycles. The van der Waals surface area contributed by atoms with E-state index < -0.39 is 5.82 Å². The minimum Gasteiger partial charge on any atom is -0.340 e. The maximum absolute atomic E-state index is 13.5. The second-order valence-electron chi connectivity index (χ2n) is 6.98. The van der Waals surface area contributed by atoms with Gasteiger partial charge >= 0.3 is 0 Å². The van der Waals surface area contributed by atoms with Gasteiger partial charge in [0, 0.05) is 25.1 Å². The Bertz CT molecular complexity index is 976. The molecule has 1 aliphatic rings. The molecule has 2 heterocycles. The molecule has 0 radical (unpaired) electrons. The maximum Gasteiger partial charge on any atom is 0.222 e. The second-order valence-corrected chi connectivity index (χ2v) is 7.39. The van der Waals surface area contributed by atoms with Crippen LogP contribution in [0.1, 0.15) is 24.4 Å². The molecule has 0 saturated carbocycles. The first-order valence-electron chi connectivity index (χ1n) is 9.29. The van der Waals surface area contributed by atoms with E-state index in [1.54, 1.807) is 6.07 Å². The van der Waals surface area contributed by atoms with E-state index in [9.17, 15) is 9.18 Å². The van der Waals surface area contributed by atoms with Crippen LogP contribution in [-0.4, -0.2) is 38.9 Å². The molecule has 7 heteroatoms. The summed E-state index contributed by atoms with van der Waals surface area (Å²) in [5.41, 5.74) is 2.62. The van der Waals surface area contributed by atoms with E-state index >= 15 is 0 Å². The van der Waals surface area contributed by atoms with Crippen LogP contribution in [0.15, 0.2) is 54.7 Å². The van der Waals surface area contributed by atoms with E-state index in [2.05, 4.69) is 10.3 Å². The summed E-state index contributed by atoms with van der Waals surface area (Å²) < 4.78 is 15.4. The molecule has 1 atom stereocenters. The van der Waals surface area contributed by atoms with Gasteiger partial charge in [0.05, 0.1) is 17.3 Å². The number of benzene rings is 2. The molecular weight excluding hydrogens is 379 g/mol. The van der Waals surface area contributed by atoms with Gasteiger partial charge in [-0.3, -0.25) is 4.79 Å². The molecule has 0 bridgehead atoms. The third-order valence-corrected chi connectivity index (χ3v) is 5.39. The number of carbonyl (C=O) groups excluding carboxylic acids is 1. The molecule has 1 unspecified atom stereocenters. The lowest BCUT2D eigenvalue weighted by Crippen LogP contribution is -2.29. The Hall–Kier alpha value is -2.73. The fraction of sp³-hybridized carbons (Fsp3) is 0.286. The van der Waals surface area contributed by atoms with Crippen molar-refractivity contribution >= 4 is 17.5 Å². The highest BCUT2D eigenvalue weighted by molar-refractivity contribution is 6.30. The number of hydrogen-bond acceptors (Lipinski definition) is 3. The van der Waals surface area contributed by atoms with Crippen molar-refractivity contribution in [3.8, 4) is 11.3 Å². The fourth-order valence-electron chi connectivity index (χ4n) is 3.49. The summed E-state index contributed by atoms with van der Waals surface area (Å²) in [5, 5.41) is 8.61. The normalized spacial score (nSPS) is 16.5. The average molecular weight is 399 g/mol. The zero-order chi connectivity index (χ0) is 19.5. The van der Waals surface area contributed by atoms with Crippen molar-refractivity contribution < 1.29 is 9.18 Å². The van der Waals surface area contributed by atoms with Gasteiger partial charge in [-0.05, 0) is 30.5 Å². The summed E-state index contributed by atoms with van der Waals surface area (Å²) in [5.74, 6) is -0.380. The van der Waals surface area contributed by atoms with E-state index in [-0.39, 0.29) is 17.0 Å². The highest BCUT2D eigenvalue weighted by Crippen LogP contribution is 2.24. The first kappa shape index (κ1) is 18.6. The summed E-state index contributed by atoms with van der Waals surface area (Å²) in [6, 6.07) is 14.7. The Kier molecular flexibility index (Phi) is 5.39. The van der Waals surface area contributed by atoms with Crippen molar-refractivity contribution in [3.63, 3.8) is 0 Å². The van der Waals surface area contributed by atoms with Crippen LogP contribution in [0.4, 0.5) is 4.39 Å². The van der Waals surface area contributed by atoms with Crippen LogP contribution in [0.2, 0.25) is 5.02 Å². The number of hydrogen-bond donors (Lipinski definition) is 0. The van der Waals surface area contributed by atoms with Gasteiger partial charge in [-0.1, -0.05) is 53.2 Å². The largest absolute Gasteiger partial charge is 0.340 e. The highest BCUT2D eigenvalue weighted by Gasteiger charge is 2.28. The molecule has 28 heavy (non-hydrogen) atoms. The van der Waals surface area contributed by atoms with E-state index in [0.29, 0.717) is 25.9 Å². The summed E-state index contributed by atoms with van der Waals surface area (Å²) in [6.07, 6.45) is 3.62. The number of aromatic nitrogens is 3. The molecule has 4 rings (SSSR count). The molecule has 144 valence electrons. The molecule has 0 aliphatic carbocycles. The topological polar surface area (TPSA) is 51.0 Å². The van der Waals surface area contributed by atoms with Crippen molar-refractivity contribution in [1.29, 1.82) is 0 Å². The zero-order valence-electron chi connectivity index (χ0n) is 15.3. The van der Waals surface area contributed by atoms with Gasteiger partial charge in [0.25, 0.3) is 0 Å². The molecule has 3 aromatic rings. The standard InChI is InChI=1S/C21H20ClFN4O/c22-18-8-6-15(12-19(18)23)7-9-21(28)26-11-10-17(13-26)27-14-20(24-25-27)16-4-2-1-3-5-16/h1-6,8,12,14,17H,7,9-11,13H2. The Morgan fingerprint density at radius 3 is 2.82 bits per heavy atom. The average Bonchev–Trinajstić information content (AvgIpc) is 3.39. The van der Waals surface area contributed by atoms with Crippen LogP contribution in [0.25, 0.3) is 11.3 Å². The van der Waals surface area contributed by atoms with Crippen molar-refractivity contribution in [2.45, 2.75) is 25.3 Å². The lowest BCUT2D eigenvalue weighted by atomic mass is 10.1. The first-order valence-corrected chi connectivity index (χ1v) is 9.67. The molecule has 5 nitrogen and oxygen atoms in total. The third-order valence-electron chi connectivity index (χ3n) is 5.08. The predicted molar refractivity (Wildman–Crippen MR) is 105 cm³/mol. The summed E-state index contributed by atoms with van der Waals surface area (Å²) in [6.45, 7) is 1.31. The molecule has 1 amide bonds. The van der Waals surface area contributed by atoms with E-state index in [0.717, 1.165) is 23.2 Å². The van der Waals surface area contributed by atoms with E-state index in [1.165, 1.54) is 12.1 Å². The Morgan fingerprint density at radius 2 is 2.04 bits per heavy atom. The highest BCUT2D eigenvalue weighted by atomic mass is 35.5. The molecule has 2 aromatic carbocycles. The van der Waals surface area contributed by atoms with Crippen LogP contribution in [-0.2, 0) is 11.2 Å². The van der Waals surface area contributed by atoms with Gasteiger partial charge < -0.3 is 4.90 Å². The summed E-state index contributed by atoms with van der Waals surface area (Å²) >= 11 is 5.70. The van der Waals surface area contributed by atoms with Crippen molar-refractivity contribution in [2.75, 3.05) is 13.1 Å². The second kappa shape index (κ2) is 8.10. The molecule has 1 fully saturated rings. The van der Waals surface area contributed by atoms with Gasteiger partial charge in [-0.15, -0.1) is 5.10 Å². The third kappa shape index (κ3) is 4.07. The maximum atomic E-state index is 13.5. The molecular formula is C21H20ClFN4O. The van der Waals surface area contributed by atoms with Crippen molar-refractivity contribution in [3.05, 3.63) is 71.1 Å². The number of halogens is 2. The van der Waals surface area contributed by atoms with Gasteiger partial charge in [-0.25, -0.2) is 9.07 Å². The zero-order valence-corrected chi connectivity index (χ0v) is 16.0. The lowest BCUT2D eigenvalue weighted by molar-refractivity contribution is -0.130. The molecule has 0 N–H and O–H groups in total. The molecule has 1 aliphatic heterocycles. The number of amides is 1. The van der Waals surface area contributed by atoms with Crippen LogP contribution >= 0.6 is 11.6 Å². The predicted octanol–water partition coefficient (Wildman–Crippen LogP) is 4.14. The number of aryl methyl sites for hydroxylation is 1. The fourth-order valence-corrected chi connectivity index (χ4v) is 3.60. The minimum atomic E-state index is -0.451. The first-order chi connectivity index (χ1) is 13.6. The van der Waals surface area contributed by atoms with Crippen LogP contribution in [0.5, 0.6) is 0 Å². The lowest BCUT2D eigenvalue weighted by Gasteiger charge is -2.16. The van der Waals surface area contributed by atoms with Crippen molar-refractivity contribution in [2.24, 2.45) is 0 Å². The number of likely N-dealkylation sites (tertiary alicyclic amines) is 1. The smallest absolute Gasteiger partial charge is 0.222 e. The summed E-state index contributed by atoms with van der Waals surface area (Å²) in [4.78, 5) is 14.4. The van der Waals surface area contributed by atoms with Crippen molar-refractivity contribution in [1.82, 2.24) is 19.9 Å². The molecule has 1 aromatic heterocycles. The van der Waals surface area contributed by atoms with Crippen LogP contribution in [0, 0.1) is 5.82 Å². The minimum absolute atomic E-state index is 0.0706. The number of rotatable bonds is 5. The SMILES string of the molecule is O=C(CCc1ccc(Cl)c(F)c1)N1CCC(n2cc(-c3ccccc3)nn2)C1. The quantitative estimate of drug-likeness (QED) is 0.649. The number of nitrogens with zero attached hydrogens (tertiary/aromatic N) is 4. The Morgan fingerprint density at radius 1 is 1.21 bits per heavy atom. The number of carbonyl (C=O) groups is 1. The summed E-state index contributed by atoms with van der Waals surface area (Å²) in [7, 11) is 0. The van der Waals surface area contributed by atoms with Gasteiger partial charge in [0.1, 0.15) is 11.5 Å².